The topological polar surface area (TPSA) is 114 Å². The number of hydrogen-bond donors (Lipinski definition) is 2. The van der Waals surface area contributed by atoms with Crippen molar-refractivity contribution in [1.82, 2.24) is 9.55 Å². The Morgan fingerprint density at radius 1 is 1.21 bits per heavy atom. The lowest BCUT2D eigenvalue weighted by atomic mass is 10.2. The van der Waals surface area contributed by atoms with E-state index in [1.165, 1.54) is 9.47 Å². The Hall–Kier alpha value is -3.29. The van der Waals surface area contributed by atoms with Crippen LogP contribution in [-0.2, 0) is 6.54 Å². The first-order valence-electron chi connectivity index (χ1n) is 9.41. The number of carbonyl (C=O) groups is 1. The lowest BCUT2D eigenvalue weighted by Crippen LogP contribution is -2.41. The van der Waals surface area contributed by atoms with E-state index in [0.717, 1.165) is 18.2 Å². The molecular formula is C20H24N4O4. The van der Waals surface area contributed by atoms with Crippen LogP contribution in [0.2, 0.25) is 0 Å². The second kappa shape index (κ2) is 8.16. The normalized spacial score (nSPS) is 11.1. The van der Waals surface area contributed by atoms with Gasteiger partial charge in [-0.05, 0) is 25.0 Å². The highest BCUT2D eigenvalue weighted by atomic mass is 16.3. The monoisotopic (exact) mass is 384 g/mol. The van der Waals surface area contributed by atoms with Crippen molar-refractivity contribution in [3.05, 3.63) is 56.9 Å². The van der Waals surface area contributed by atoms with Crippen LogP contribution in [0, 0.1) is 0 Å². The van der Waals surface area contributed by atoms with Crippen LogP contribution in [-0.4, -0.2) is 22.0 Å². The number of unbranched alkanes of at least 4 members (excludes halogenated alkanes) is 1. The van der Waals surface area contributed by atoms with Crippen molar-refractivity contribution in [2.24, 2.45) is 0 Å². The predicted octanol–water partition coefficient (Wildman–Crippen LogP) is 2.72. The van der Waals surface area contributed by atoms with Gasteiger partial charge in [-0.2, -0.15) is 0 Å². The third-order valence-corrected chi connectivity index (χ3v) is 4.55. The van der Waals surface area contributed by atoms with Gasteiger partial charge in [-0.25, -0.2) is 4.79 Å². The SMILES string of the molecule is CCCCn1c(N)c(N(CCC)C(=O)c2cc3ccccc3o2)c(=O)[nH]c1=O. The number of nitrogen functional groups attached to an aromatic ring is 1. The fraction of sp³-hybridized carbons (Fsp3) is 0.350. The number of para-hydroxylation sites is 1. The number of carbonyl (C=O) groups excluding carboxylic acids is 1. The van der Waals surface area contributed by atoms with Crippen LogP contribution >= 0.6 is 0 Å². The minimum Gasteiger partial charge on any atom is -0.451 e. The molecule has 0 radical (unpaired) electrons. The number of nitrogens with one attached hydrogen (secondary N) is 1. The number of hydrogen-bond acceptors (Lipinski definition) is 5. The molecule has 0 bridgehead atoms. The van der Waals surface area contributed by atoms with Crippen molar-refractivity contribution in [3.8, 4) is 0 Å². The molecule has 0 spiro atoms. The quantitative estimate of drug-likeness (QED) is 0.650. The molecule has 0 aliphatic carbocycles. The van der Waals surface area contributed by atoms with Crippen molar-refractivity contribution < 1.29 is 9.21 Å². The maximum atomic E-state index is 13.2. The van der Waals surface area contributed by atoms with Gasteiger partial charge in [0, 0.05) is 18.5 Å². The second-order valence-corrected chi connectivity index (χ2v) is 6.60. The minimum absolute atomic E-state index is 0.0138. The van der Waals surface area contributed by atoms with E-state index in [9.17, 15) is 14.4 Å². The number of nitrogens with two attached hydrogens (primary N) is 1. The van der Waals surface area contributed by atoms with Gasteiger partial charge in [0.2, 0.25) is 0 Å². The lowest BCUT2D eigenvalue weighted by Gasteiger charge is -2.23. The van der Waals surface area contributed by atoms with Gasteiger partial charge in [0.1, 0.15) is 11.4 Å². The molecule has 148 valence electrons. The molecule has 0 aliphatic heterocycles. The van der Waals surface area contributed by atoms with E-state index in [0.29, 0.717) is 18.5 Å². The van der Waals surface area contributed by atoms with Gasteiger partial charge in [0.05, 0.1) is 0 Å². The fourth-order valence-corrected chi connectivity index (χ4v) is 3.14. The molecule has 8 nitrogen and oxygen atoms in total. The Bertz CT molecular complexity index is 1080. The molecule has 3 aromatic rings. The number of nitrogens with zero attached hydrogens (tertiary/aromatic N) is 2. The molecule has 2 heterocycles. The van der Waals surface area contributed by atoms with Gasteiger partial charge in [-0.3, -0.25) is 24.0 Å². The number of H-pyrrole nitrogens is 1. The van der Waals surface area contributed by atoms with Crippen molar-refractivity contribution in [2.75, 3.05) is 17.2 Å². The number of furan rings is 1. The van der Waals surface area contributed by atoms with Gasteiger partial charge in [0.15, 0.2) is 11.4 Å². The Labute approximate surface area is 161 Å². The number of benzene rings is 1. The van der Waals surface area contributed by atoms with Crippen molar-refractivity contribution >= 4 is 28.4 Å². The summed E-state index contributed by atoms with van der Waals surface area (Å²) in [5.74, 6) is -0.379. The molecular weight excluding hydrogens is 360 g/mol. The number of rotatable bonds is 7. The van der Waals surface area contributed by atoms with Crippen molar-refractivity contribution in [2.45, 2.75) is 39.7 Å². The van der Waals surface area contributed by atoms with E-state index in [4.69, 9.17) is 10.2 Å². The summed E-state index contributed by atoms with van der Waals surface area (Å²) in [5.41, 5.74) is 5.46. The van der Waals surface area contributed by atoms with Gasteiger partial charge in [0.25, 0.3) is 11.5 Å². The largest absolute Gasteiger partial charge is 0.451 e. The molecule has 0 aliphatic rings. The Morgan fingerprint density at radius 3 is 2.64 bits per heavy atom. The molecule has 1 aromatic carbocycles. The molecule has 2 aromatic heterocycles. The molecule has 8 heteroatoms. The summed E-state index contributed by atoms with van der Waals surface area (Å²) in [6.45, 7) is 4.50. The third kappa shape index (κ3) is 3.58. The first kappa shape index (κ1) is 19.5. The number of aromatic amines is 1. The average molecular weight is 384 g/mol. The standard InChI is InChI=1S/C20H24N4O4/c1-3-5-11-24-17(21)16(18(25)22-20(24)27)23(10-4-2)19(26)15-12-13-8-6-7-9-14(13)28-15/h6-9,12H,3-5,10-11,21H2,1-2H3,(H,22,25,27). The Balaban J connectivity index is 2.10. The van der Waals surface area contributed by atoms with Crippen LogP contribution in [0.3, 0.4) is 0 Å². The zero-order valence-electron chi connectivity index (χ0n) is 16.0. The van der Waals surface area contributed by atoms with Gasteiger partial charge >= 0.3 is 5.69 Å². The first-order chi connectivity index (χ1) is 13.5. The molecule has 0 saturated carbocycles. The first-order valence-corrected chi connectivity index (χ1v) is 9.41. The van der Waals surface area contributed by atoms with Crippen molar-refractivity contribution in [1.29, 1.82) is 0 Å². The van der Waals surface area contributed by atoms with Crippen LogP contribution in [0.1, 0.15) is 43.7 Å². The molecule has 1 amide bonds. The fourth-order valence-electron chi connectivity index (χ4n) is 3.14. The van der Waals surface area contributed by atoms with E-state index in [-0.39, 0.29) is 23.8 Å². The van der Waals surface area contributed by atoms with Crippen LogP contribution in [0.25, 0.3) is 11.0 Å². The maximum Gasteiger partial charge on any atom is 0.330 e. The summed E-state index contributed by atoms with van der Waals surface area (Å²) in [4.78, 5) is 41.4. The molecule has 0 fully saturated rings. The second-order valence-electron chi connectivity index (χ2n) is 6.60. The van der Waals surface area contributed by atoms with Crippen LogP contribution in [0.4, 0.5) is 11.5 Å². The zero-order valence-corrected chi connectivity index (χ0v) is 16.0. The third-order valence-electron chi connectivity index (χ3n) is 4.55. The summed E-state index contributed by atoms with van der Waals surface area (Å²) in [6, 6.07) is 8.91. The highest BCUT2D eigenvalue weighted by Crippen LogP contribution is 2.24. The highest BCUT2D eigenvalue weighted by Gasteiger charge is 2.26. The smallest absolute Gasteiger partial charge is 0.330 e. The highest BCUT2D eigenvalue weighted by molar-refractivity contribution is 6.07. The molecule has 0 unspecified atom stereocenters. The Kier molecular flexibility index (Phi) is 5.67. The summed E-state index contributed by atoms with van der Waals surface area (Å²) in [5, 5.41) is 0.789. The summed E-state index contributed by atoms with van der Waals surface area (Å²) >= 11 is 0. The van der Waals surface area contributed by atoms with E-state index < -0.39 is 17.2 Å². The van der Waals surface area contributed by atoms with E-state index >= 15 is 0 Å². The Morgan fingerprint density at radius 2 is 1.96 bits per heavy atom. The van der Waals surface area contributed by atoms with E-state index in [1.54, 1.807) is 12.1 Å². The van der Waals surface area contributed by atoms with Crippen molar-refractivity contribution in [3.63, 3.8) is 0 Å². The molecule has 3 N–H and O–H groups in total. The van der Waals surface area contributed by atoms with Crippen LogP contribution in [0.5, 0.6) is 0 Å². The summed E-state index contributed by atoms with van der Waals surface area (Å²) < 4.78 is 6.96. The zero-order chi connectivity index (χ0) is 20.3. The van der Waals surface area contributed by atoms with E-state index in [2.05, 4.69) is 4.98 Å². The van der Waals surface area contributed by atoms with E-state index in [1.807, 2.05) is 32.0 Å². The van der Waals surface area contributed by atoms with Gasteiger partial charge < -0.3 is 10.2 Å². The van der Waals surface area contributed by atoms with Gasteiger partial charge in [-0.1, -0.05) is 38.5 Å². The molecule has 28 heavy (non-hydrogen) atoms. The summed E-state index contributed by atoms with van der Waals surface area (Å²) in [7, 11) is 0. The molecule has 0 atom stereocenters. The van der Waals surface area contributed by atoms with Crippen LogP contribution in [0.15, 0.2) is 44.3 Å². The van der Waals surface area contributed by atoms with Gasteiger partial charge in [-0.15, -0.1) is 0 Å². The number of anilines is 2. The van der Waals surface area contributed by atoms with Crippen LogP contribution < -0.4 is 21.9 Å². The minimum atomic E-state index is -0.687. The number of fused-ring (bicyclic) bond motifs is 1. The number of aromatic nitrogens is 2. The lowest BCUT2D eigenvalue weighted by molar-refractivity contribution is 0.0962. The predicted molar refractivity (Wildman–Crippen MR) is 109 cm³/mol. The molecule has 3 rings (SSSR count). The maximum absolute atomic E-state index is 13.2. The summed E-state index contributed by atoms with van der Waals surface area (Å²) in [6.07, 6.45) is 2.18. The number of amides is 1. The molecule has 0 saturated heterocycles. The average Bonchev–Trinajstić information content (AvgIpc) is 3.10.